The zero-order valence-corrected chi connectivity index (χ0v) is 17.5. The largest absolute Gasteiger partial charge is 0.465 e. The van der Waals surface area contributed by atoms with Crippen LogP contribution in [-0.2, 0) is 21.2 Å². The number of carbonyl (C=O) groups is 1. The van der Waals surface area contributed by atoms with Gasteiger partial charge >= 0.3 is 6.18 Å². The van der Waals surface area contributed by atoms with E-state index < -0.39 is 53.6 Å². The van der Waals surface area contributed by atoms with E-state index in [1.54, 1.807) is 0 Å². The first-order valence-electron chi connectivity index (χ1n) is 9.93. The van der Waals surface area contributed by atoms with Crippen molar-refractivity contribution in [2.75, 3.05) is 18.5 Å². The number of halogens is 6. The van der Waals surface area contributed by atoms with Crippen molar-refractivity contribution in [1.29, 1.82) is 0 Å². The number of alkyl halides is 5. The first-order valence-corrected chi connectivity index (χ1v) is 9.93. The van der Waals surface area contributed by atoms with Crippen molar-refractivity contribution in [2.45, 2.75) is 30.7 Å². The number of amides is 1. The molecule has 182 valence electrons. The van der Waals surface area contributed by atoms with Crippen molar-refractivity contribution in [3.8, 4) is 0 Å². The van der Waals surface area contributed by atoms with Crippen molar-refractivity contribution in [1.82, 2.24) is 4.98 Å². The number of amidine groups is 1. The third kappa shape index (κ3) is 4.27. The number of anilines is 1. The number of hydrogen-bond donors (Lipinski definition) is 2. The molecule has 1 aromatic carbocycles. The van der Waals surface area contributed by atoms with Crippen LogP contribution in [0.2, 0.25) is 0 Å². The Labute approximate surface area is 189 Å². The number of nitrogens with zero attached hydrogens (tertiary/aromatic N) is 2. The van der Waals surface area contributed by atoms with Gasteiger partial charge in [-0.1, -0.05) is 0 Å². The fourth-order valence-corrected chi connectivity index (χ4v) is 4.10. The molecular formula is C21H18F6N4O3. The maximum absolute atomic E-state index is 14.9. The zero-order chi connectivity index (χ0) is 24.9. The normalized spacial score (nSPS) is 24.7. The van der Waals surface area contributed by atoms with E-state index in [0.717, 1.165) is 12.1 Å². The number of nitrogens with one attached hydrogen (secondary N) is 1. The second-order valence-electron chi connectivity index (χ2n) is 8.06. The van der Waals surface area contributed by atoms with E-state index in [2.05, 4.69) is 15.3 Å². The molecule has 13 heteroatoms. The summed E-state index contributed by atoms with van der Waals surface area (Å²) in [4.78, 5) is 20.1. The van der Waals surface area contributed by atoms with Gasteiger partial charge in [0.25, 0.3) is 17.9 Å². The van der Waals surface area contributed by atoms with Gasteiger partial charge in [-0.2, -0.15) is 13.2 Å². The SMILES string of the molecule is CC(F)(F)C1OC[C@]2(c3cc(NC(=O)c4ccc(C(F)(F)F)cn4)ccc3F)N=C(N)OC[C@H]12. The van der Waals surface area contributed by atoms with Gasteiger partial charge in [0.1, 0.15) is 23.2 Å². The summed E-state index contributed by atoms with van der Waals surface area (Å²) in [6.07, 6.45) is -5.74. The maximum Gasteiger partial charge on any atom is 0.417 e. The van der Waals surface area contributed by atoms with Gasteiger partial charge in [-0.3, -0.25) is 9.78 Å². The van der Waals surface area contributed by atoms with Gasteiger partial charge in [-0.15, -0.1) is 0 Å². The number of pyridine rings is 1. The highest BCUT2D eigenvalue weighted by atomic mass is 19.4. The molecule has 2 aromatic rings. The molecule has 34 heavy (non-hydrogen) atoms. The van der Waals surface area contributed by atoms with Gasteiger partial charge in [0.2, 0.25) is 0 Å². The standard InChI is InChI=1S/C21H18F6N4O3/c1-19(23,24)16-13-8-33-18(28)31-20(13,9-34-16)12-6-11(3-4-14(12)22)30-17(32)15-5-2-10(7-29-15)21(25,26)27/h2-7,13,16H,8-9H2,1H3,(H2,28,31)(H,30,32)/t13-,16?,20-/m1/s1. The average Bonchev–Trinajstić information content (AvgIpc) is 3.14. The molecule has 4 rings (SSSR count). The van der Waals surface area contributed by atoms with Gasteiger partial charge in [-0.25, -0.2) is 18.2 Å². The number of fused-ring (bicyclic) bond motifs is 1. The van der Waals surface area contributed by atoms with Crippen LogP contribution in [0.1, 0.15) is 28.5 Å². The molecule has 1 amide bonds. The number of aliphatic imine (C=N–C) groups is 1. The van der Waals surface area contributed by atoms with Crippen LogP contribution in [0.4, 0.5) is 32.0 Å². The average molecular weight is 488 g/mol. The summed E-state index contributed by atoms with van der Waals surface area (Å²) in [6, 6.07) is 4.63. The Bertz CT molecular complexity index is 1130. The minimum absolute atomic E-state index is 0.0307. The van der Waals surface area contributed by atoms with Crippen molar-refractivity contribution in [2.24, 2.45) is 16.6 Å². The lowest BCUT2D eigenvalue weighted by Gasteiger charge is -2.37. The van der Waals surface area contributed by atoms with Crippen molar-refractivity contribution in [3.05, 3.63) is 59.2 Å². The highest BCUT2D eigenvalue weighted by Gasteiger charge is 2.60. The van der Waals surface area contributed by atoms with E-state index in [9.17, 15) is 31.1 Å². The summed E-state index contributed by atoms with van der Waals surface area (Å²) in [5, 5.41) is 2.40. The molecular weight excluding hydrogens is 470 g/mol. The maximum atomic E-state index is 14.9. The molecule has 3 N–H and O–H groups in total. The van der Waals surface area contributed by atoms with Crippen molar-refractivity contribution < 1.29 is 40.6 Å². The summed E-state index contributed by atoms with van der Waals surface area (Å²) < 4.78 is 91.7. The Morgan fingerprint density at radius 3 is 2.56 bits per heavy atom. The molecule has 3 heterocycles. The molecule has 0 aliphatic carbocycles. The number of benzene rings is 1. The van der Waals surface area contributed by atoms with Crippen LogP contribution in [0.15, 0.2) is 41.5 Å². The van der Waals surface area contributed by atoms with E-state index >= 15 is 0 Å². The molecule has 3 atom stereocenters. The molecule has 0 spiro atoms. The summed E-state index contributed by atoms with van der Waals surface area (Å²) in [5.41, 5.74) is 2.54. The quantitative estimate of drug-likeness (QED) is 0.640. The van der Waals surface area contributed by atoms with Crippen LogP contribution in [0.25, 0.3) is 0 Å². The second-order valence-corrected chi connectivity index (χ2v) is 8.06. The molecule has 1 saturated heterocycles. The van der Waals surface area contributed by atoms with Gasteiger partial charge < -0.3 is 20.5 Å². The number of carbonyl (C=O) groups excluding carboxylic acids is 1. The van der Waals surface area contributed by atoms with Crippen LogP contribution in [-0.4, -0.2) is 42.2 Å². The molecule has 1 aromatic heterocycles. The molecule has 0 saturated carbocycles. The fourth-order valence-electron chi connectivity index (χ4n) is 4.10. The Morgan fingerprint density at radius 2 is 1.94 bits per heavy atom. The fraction of sp³-hybridized carbons (Fsp3) is 0.381. The second kappa shape index (κ2) is 8.15. The van der Waals surface area contributed by atoms with E-state index in [4.69, 9.17) is 15.2 Å². The van der Waals surface area contributed by atoms with Crippen LogP contribution >= 0.6 is 0 Å². The molecule has 0 bridgehead atoms. The predicted molar refractivity (Wildman–Crippen MR) is 107 cm³/mol. The van der Waals surface area contributed by atoms with E-state index in [-0.39, 0.29) is 29.6 Å². The van der Waals surface area contributed by atoms with Crippen LogP contribution in [0.5, 0.6) is 0 Å². The molecule has 0 radical (unpaired) electrons. The number of nitrogens with two attached hydrogens (primary N) is 1. The van der Waals surface area contributed by atoms with Gasteiger partial charge in [0.05, 0.1) is 24.7 Å². The Balaban J connectivity index is 1.66. The van der Waals surface area contributed by atoms with Gasteiger partial charge in [0.15, 0.2) is 0 Å². The molecule has 1 unspecified atom stereocenters. The van der Waals surface area contributed by atoms with Gasteiger partial charge in [0, 0.05) is 24.4 Å². The molecule has 7 nitrogen and oxygen atoms in total. The van der Waals surface area contributed by atoms with Crippen LogP contribution in [0, 0.1) is 11.7 Å². The lowest BCUT2D eigenvalue weighted by atomic mass is 9.76. The monoisotopic (exact) mass is 488 g/mol. The summed E-state index contributed by atoms with van der Waals surface area (Å²) in [5.74, 6) is -6.04. The number of hydrogen-bond acceptors (Lipinski definition) is 6. The van der Waals surface area contributed by atoms with Crippen LogP contribution in [0.3, 0.4) is 0 Å². The first kappa shape index (κ1) is 23.8. The highest BCUT2D eigenvalue weighted by Crippen LogP contribution is 2.49. The van der Waals surface area contributed by atoms with Gasteiger partial charge in [-0.05, 0) is 30.3 Å². The lowest BCUT2D eigenvalue weighted by Crippen LogP contribution is -2.48. The summed E-state index contributed by atoms with van der Waals surface area (Å²) in [6.45, 7) is -0.0426. The topological polar surface area (TPSA) is 98.8 Å². The first-order chi connectivity index (χ1) is 15.8. The van der Waals surface area contributed by atoms with E-state index in [1.165, 1.54) is 12.1 Å². The molecule has 2 aliphatic rings. The lowest BCUT2D eigenvalue weighted by molar-refractivity contribution is -0.137. The Hall–Kier alpha value is -3.35. The number of rotatable bonds is 4. The summed E-state index contributed by atoms with van der Waals surface area (Å²) >= 11 is 0. The van der Waals surface area contributed by atoms with Crippen molar-refractivity contribution >= 4 is 17.6 Å². The zero-order valence-electron chi connectivity index (χ0n) is 17.5. The minimum Gasteiger partial charge on any atom is -0.465 e. The minimum atomic E-state index is -4.62. The Morgan fingerprint density at radius 1 is 1.21 bits per heavy atom. The number of ether oxygens (including phenoxy) is 2. The molecule has 2 aliphatic heterocycles. The molecule has 1 fully saturated rings. The number of aromatic nitrogens is 1. The van der Waals surface area contributed by atoms with E-state index in [0.29, 0.717) is 19.2 Å². The van der Waals surface area contributed by atoms with Crippen LogP contribution < -0.4 is 11.1 Å². The third-order valence-electron chi connectivity index (χ3n) is 5.70. The summed E-state index contributed by atoms with van der Waals surface area (Å²) in [7, 11) is 0. The highest BCUT2D eigenvalue weighted by molar-refractivity contribution is 6.02. The third-order valence-corrected chi connectivity index (χ3v) is 5.70. The van der Waals surface area contributed by atoms with Crippen molar-refractivity contribution in [3.63, 3.8) is 0 Å². The predicted octanol–water partition coefficient (Wildman–Crippen LogP) is 3.70. The Kier molecular flexibility index (Phi) is 5.70. The smallest absolute Gasteiger partial charge is 0.417 e. The van der Waals surface area contributed by atoms with E-state index in [1.807, 2.05) is 0 Å².